The number of ether oxygens (including phenoxy) is 2. The van der Waals surface area contributed by atoms with E-state index in [4.69, 9.17) is 9.47 Å². The molecule has 0 radical (unpaired) electrons. The molecule has 0 N–H and O–H groups in total. The first-order valence-corrected chi connectivity index (χ1v) is 9.61. The summed E-state index contributed by atoms with van der Waals surface area (Å²) in [6, 6.07) is 14.6. The number of hydrogen-bond acceptors (Lipinski definition) is 3. The van der Waals surface area contributed by atoms with E-state index in [1.165, 1.54) is 11.1 Å². The number of carbonyl (C=O) groups is 1. The molecular weight excluding hydrogens is 338 g/mol. The summed E-state index contributed by atoms with van der Waals surface area (Å²) in [7, 11) is 3.26. The second kappa shape index (κ2) is 8.47. The fraction of sp³-hybridized carbons (Fsp3) is 0.435. The van der Waals surface area contributed by atoms with E-state index in [0.29, 0.717) is 24.9 Å². The highest BCUT2D eigenvalue weighted by Crippen LogP contribution is 2.31. The molecule has 0 heterocycles. The van der Waals surface area contributed by atoms with Crippen LogP contribution in [0.2, 0.25) is 0 Å². The van der Waals surface area contributed by atoms with Crippen molar-refractivity contribution >= 4 is 5.91 Å². The van der Waals surface area contributed by atoms with E-state index >= 15 is 0 Å². The molecule has 1 aliphatic carbocycles. The molecule has 4 heteroatoms. The largest absolute Gasteiger partial charge is 0.497 e. The maximum absolute atomic E-state index is 13.1. The highest BCUT2D eigenvalue weighted by Gasteiger charge is 2.32. The third-order valence-electron chi connectivity index (χ3n) is 5.14. The van der Waals surface area contributed by atoms with Crippen molar-refractivity contribution in [2.75, 3.05) is 14.2 Å². The van der Waals surface area contributed by atoms with Gasteiger partial charge in [0.25, 0.3) is 0 Å². The molecule has 27 heavy (non-hydrogen) atoms. The first-order chi connectivity index (χ1) is 13.0. The van der Waals surface area contributed by atoms with Gasteiger partial charge in [0.2, 0.25) is 5.91 Å². The van der Waals surface area contributed by atoms with E-state index in [9.17, 15) is 4.79 Å². The van der Waals surface area contributed by atoms with Crippen LogP contribution in [0.1, 0.15) is 49.3 Å². The summed E-state index contributed by atoms with van der Waals surface area (Å²) in [4.78, 5) is 15.1. The first-order valence-electron chi connectivity index (χ1n) is 9.61. The van der Waals surface area contributed by atoms with Gasteiger partial charge in [-0.2, -0.15) is 0 Å². The number of rotatable bonds is 8. The Morgan fingerprint density at radius 2 is 1.78 bits per heavy atom. The fourth-order valence-electron chi connectivity index (χ4n) is 3.30. The second-order valence-electron chi connectivity index (χ2n) is 7.50. The van der Waals surface area contributed by atoms with Crippen molar-refractivity contribution in [1.82, 2.24) is 4.90 Å². The van der Waals surface area contributed by atoms with Gasteiger partial charge in [0.1, 0.15) is 11.5 Å². The highest BCUT2D eigenvalue weighted by atomic mass is 16.5. The lowest BCUT2D eigenvalue weighted by atomic mass is 10.0. The van der Waals surface area contributed by atoms with Gasteiger partial charge >= 0.3 is 0 Å². The predicted octanol–water partition coefficient (Wildman–Crippen LogP) is 4.56. The van der Waals surface area contributed by atoms with Crippen LogP contribution >= 0.6 is 0 Å². The number of amides is 1. The Kier molecular flexibility index (Phi) is 6.04. The van der Waals surface area contributed by atoms with Gasteiger partial charge in [-0.15, -0.1) is 0 Å². The zero-order chi connectivity index (χ0) is 19.4. The van der Waals surface area contributed by atoms with Crippen LogP contribution in [0.4, 0.5) is 0 Å². The smallest absolute Gasteiger partial charge is 0.227 e. The van der Waals surface area contributed by atoms with E-state index in [0.717, 1.165) is 29.9 Å². The van der Waals surface area contributed by atoms with E-state index in [1.54, 1.807) is 14.2 Å². The minimum Gasteiger partial charge on any atom is -0.497 e. The standard InChI is InChI=1S/C23H29NO3/c1-16(2)18-7-5-17(6-8-18)15-24(20-9-10-20)23(25)14-19-13-21(26-3)11-12-22(19)27-4/h5-8,11-13,16,20H,9-10,14-15H2,1-4H3. The Morgan fingerprint density at radius 1 is 1.07 bits per heavy atom. The minimum atomic E-state index is 0.136. The summed E-state index contributed by atoms with van der Waals surface area (Å²) in [6.45, 7) is 5.04. The van der Waals surface area contributed by atoms with Gasteiger partial charge in [0.05, 0.1) is 20.6 Å². The molecule has 3 rings (SSSR count). The SMILES string of the molecule is COc1ccc(OC)c(CC(=O)N(Cc2ccc(C(C)C)cc2)C2CC2)c1. The summed E-state index contributed by atoms with van der Waals surface area (Å²) in [5.74, 6) is 2.11. The summed E-state index contributed by atoms with van der Waals surface area (Å²) < 4.78 is 10.7. The first kappa shape index (κ1) is 19.3. The van der Waals surface area contributed by atoms with Crippen molar-refractivity contribution in [3.05, 3.63) is 59.2 Å². The molecule has 4 nitrogen and oxygen atoms in total. The molecule has 144 valence electrons. The molecule has 1 aliphatic rings. The lowest BCUT2D eigenvalue weighted by Gasteiger charge is -2.23. The predicted molar refractivity (Wildman–Crippen MR) is 107 cm³/mol. The topological polar surface area (TPSA) is 38.8 Å². The number of methoxy groups -OCH3 is 2. The van der Waals surface area contributed by atoms with E-state index in [-0.39, 0.29) is 5.91 Å². The van der Waals surface area contributed by atoms with Crippen molar-refractivity contribution < 1.29 is 14.3 Å². The Balaban J connectivity index is 1.74. The van der Waals surface area contributed by atoms with E-state index in [1.807, 2.05) is 23.1 Å². The molecule has 0 spiro atoms. The molecule has 0 aromatic heterocycles. The molecule has 0 unspecified atom stereocenters. The zero-order valence-electron chi connectivity index (χ0n) is 16.7. The lowest BCUT2D eigenvalue weighted by Crippen LogP contribution is -2.33. The summed E-state index contributed by atoms with van der Waals surface area (Å²) in [6.07, 6.45) is 2.50. The van der Waals surface area contributed by atoms with Crippen LogP contribution in [0.5, 0.6) is 11.5 Å². The number of nitrogens with zero attached hydrogens (tertiary/aromatic N) is 1. The summed E-state index contributed by atoms with van der Waals surface area (Å²) in [5.41, 5.74) is 3.36. The summed E-state index contributed by atoms with van der Waals surface area (Å²) >= 11 is 0. The van der Waals surface area contributed by atoms with Crippen LogP contribution < -0.4 is 9.47 Å². The minimum absolute atomic E-state index is 0.136. The van der Waals surface area contributed by atoms with Crippen LogP contribution in [-0.2, 0) is 17.8 Å². The zero-order valence-corrected chi connectivity index (χ0v) is 16.7. The van der Waals surface area contributed by atoms with Crippen molar-refractivity contribution in [2.45, 2.75) is 51.6 Å². The normalized spacial score (nSPS) is 13.5. The highest BCUT2D eigenvalue weighted by molar-refractivity contribution is 5.80. The third kappa shape index (κ3) is 4.82. The molecule has 2 aromatic carbocycles. The van der Waals surface area contributed by atoms with Gasteiger partial charge in [-0.3, -0.25) is 4.79 Å². The number of hydrogen-bond donors (Lipinski definition) is 0. The molecule has 1 fully saturated rings. The Labute approximate surface area is 162 Å². The Morgan fingerprint density at radius 3 is 2.33 bits per heavy atom. The van der Waals surface area contributed by atoms with Gasteiger partial charge in [-0.05, 0) is 48.1 Å². The van der Waals surface area contributed by atoms with Crippen LogP contribution in [0.25, 0.3) is 0 Å². The van der Waals surface area contributed by atoms with Crippen molar-refractivity contribution in [3.63, 3.8) is 0 Å². The average molecular weight is 367 g/mol. The van der Waals surface area contributed by atoms with Crippen molar-refractivity contribution in [2.24, 2.45) is 0 Å². The third-order valence-corrected chi connectivity index (χ3v) is 5.14. The fourth-order valence-corrected chi connectivity index (χ4v) is 3.30. The van der Waals surface area contributed by atoms with Crippen LogP contribution in [0.15, 0.2) is 42.5 Å². The maximum Gasteiger partial charge on any atom is 0.227 e. The van der Waals surface area contributed by atoms with Gasteiger partial charge < -0.3 is 14.4 Å². The molecule has 0 saturated heterocycles. The molecule has 1 amide bonds. The Bertz CT molecular complexity index is 779. The van der Waals surface area contributed by atoms with Crippen molar-refractivity contribution in [1.29, 1.82) is 0 Å². The molecular formula is C23H29NO3. The van der Waals surface area contributed by atoms with Gasteiger partial charge in [-0.25, -0.2) is 0 Å². The molecule has 0 bridgehead atoms. The quantitative estimate of drug-likeness (QED) is 0.686. The molecule has 1 saturated carbocycles. The molecule has 0 atom stereocenters. The molecule has 0 aliphatic heterocycles. The van der Waals surface area contributed by atoms with Crippen molar-refractivity contribution in [3.8, 4) is 11.5 Å². The van der Waals surface area contributed by atoms with E-state index in [2.05, 4.69) is 38.1 Å². The Hall–Kier alpha value is -2.49. The van der Waals surface area contributed by atoms with E-state index < -0.39 is 0 Å². The van der Waals surface area contributed by atoms with Gasteiger partial charge in [-0.1, -0.05) is 38.1 Å². The maximum atomic E-state index is 13.1. The average Bonchev–Trinajstić information content (AvgIpc) is 3.51. The van der Waals surface area contributed by atoms with Crippen LogP contribution in [0.3, 0.4) is 0 Å². The molecule has 2 aromatic rings. The lowest BCUT2D eigenvalue weighted by molar-refractivity contribution is -0.131. The monoisotopic (exact) mass is 367 g/mol. The van der Waals surface area contributed by atoms with Crippen LogP contribution in [-0.4, -0.2) is 31.1 Å². The van der Waals surface area contributed by atoms with Crippen LogP contribution in [0, 0.1) is 0 Å². The summed E-state index contributed by atoms with van der Waals surface area (Å²) in [5, 5.41) is 0. The van der Waals surface area contributed by atoms with Gasteiger partial charge in [0, 0.05) is 18.2 Å². The van der Waals surface area contributed by atoms with Gasteiger partial charge in [0.15, 0.2) is 0 Å². The number of carbonyl (C=O) groups excluding carboxylic acids is 1. The second-order valence-corrected chi connectivity index (χ2v) is 7.50. The number of benzene rings is 2.